The van der Waals surface area contributed by atoms with Crippen molar-refractivity contribution in [2.24, 2.45) is 0 Å². The number of esters is 1. The summed E-state index contributed by atoms with van der Waals surface area (Å²) in [5.74, 6) is 1.09. The molecular formula is C43H38N8O2. The molecule has 0 bridgehead atoms. The van der Waals surface area contributed by atoms with Gasteiger partial charge in [-0.2, -0.15) is 5.10 Å². The summed E-state index contributed by atoms with van der Waals surface area (Å²) < 4.78 is 10.9. The van der Waals surface area contributed by atoms with Crippen molar-refractivity contribution >= 4 is 11.6 Å². The fraction of sp³-hybridized carbons (Fsp3) is 0.163. The van der Waals surface area contributed by atoms with E-state index in [1.807, 2.05) is 35.0 Å². The zero-order valence-corrected chi connectivity index (χ0v) is 29.6. The third-order valence-corrected chi connectivity index (χ3v) is 9.61. The van der Waals surface area contributed by atoms with E-state index in [9.17, 15) is 4.79 Å². The van der Waals surface area contributed by atoms with Crippen LogP contribution < -0.4 is 0 Å². The Morgan fingerprint density at radius 3 is 1.89 bits per heavy atom. The average Bonchev–Trinajstić information content (AvgIpc) is 3.95. The third kappa shape index (κ3) is 5.97. The van der Waals surface area contributed by atoms with Crippen molar-refractivity contribution in [1.82, 2.24) is 39.6 Å². The normalized spacial score (nSPS) is 11.6. The Bertz CT molecular complexity index is 2370. The summed E-state index contributed by atoms with van der Waals surface area (Å²) in [5, 5.41) is 22.9. The van der Waals surface area contributed by atoms with Gasteiger partial charge in [-0.25, -0.2) is 9.48 Å². The Kier molecular flexibility index (Phi) is 9.16. The number of aryl methyl sites for hydroxylation is 1. The molecule has 3 heterocycles. The van der Waals surface area contributed by atoms with Gasteiger partial charge in [0.2, 0.25) is 0 Å². The SMILES string of the molecule is CCCc1nn2ncc(C(=O)OCC)c2n1Cc1ccc(-c2ccccc2-c2nnnn2C(c2ccccc2)(c2ccccc2)c2ccccc2)cc1. The summed E-state index contributed by atoms with van der Waals surface area (Å²) in [5.41, 5.74) is 7.24. The van der Waals surface area contributed by atoms with E-state index in [2.05, 4.69) is 131 Å². The quantitative estimate of drug-likeness (QED) is 0.0945. The molecule has 10 nitrogen and oxygen atoms in total. The molecule has 0 atom stereocenters. The molecule has 0 spiro atoms. The van der Waals surface area contributed by atoms with Gasteiger partial charge in [0.25, 0.3) is 0 Å². The van der Waals surface area contributed by atoms with Gasteiger partial charge in [-0.05, 0) is 57.2 Å². The van der Waals surface area contributed by atoms with Crippen LogP contribution in [0.4, 0.5) is 0 Å². The second kappa shape index (κ2) is 14.5. The highest BCUT2D eigenvalue weighted by Gasteiger charge is 2.42. The van der Waals surface area contributed by atoms with E-state index in [1.54, 1.807) is 6.92 Å². The summed E-state index contributed by atoms with van der Waals surface area (Å²) in [4.78, 5) is 12.8. The fourth-order valence-corrected chi connectivity index (χ4v) is 7.26. The zero-order valence-electron chi connectivity index (χ0n) is 29.6. The van der Waals surface area contributed by atoms with Crippen LogP contribution in [-0.4, -0.2) is 52.2 Å². The molecule has 0 amide bonds. The Hall–Kier alpha value is -6.68. The summed E-state index contributed by atoms with van der Waals surface area (Å²) in [7, 11) is 0. The minimum Gasteiger partial charge on any atom is -0.462 e. The summed E-state index contributed by atoms with van der Waals surface area (Å²) in [6, 6.07) is 47.9. The number of tetrazole rings is 1. The lowest BCUT2D eigenvalue weighted by Gasteiger charge is -2.36. The Morgan fingerprint density at radius 1 is 0.717 bits per heavy atom. The average molecular weight is 699 g/mol. The topological polar surface area (TPSA) is 105 Å². The minimum absolute atomic E-state index is 0.285. The van der Waals surface area contributed by atoms with Crippen LogP contribution in [0.5, 0.6) is 0 Å². The number of rotatable bonds is 12. The van der Waals surface area contributed by atoms with E-state index in [0.29, 0.717) is 23.6 Å². The van der Waals surface area contributed by atoms with Gasteiger partial charge in [-0.15, -0.1) is 14.8 Å². The molecular weight excluding hydrogens is 661 g/mol. The number of aromatic nitrogens is 8. The fourth-order valence-electron chi connectivity index (χ4n) is 7.26. The van der Waals surface area contributed by atoms with Crippen LogP contribution in [0.25, 0.3) is 28.2 Å². The second-order valence-electron chi connectivity index (χ2n) is 12.8. The van der Waals surface area contributed by atoms with Crippen molar-refractivity contribution in [3.8, 4) is 22.5 Å². The van der Waals surface area contributed by atoms with Crippen molar-refractivity contribution in [2.75, 3.05) is 6.61 Å². The number of benzene rings is 5. The van der Waals surface area contributed by atoms with Gasteiger partial charge in [-0.1, -0.05) is 146 Å². The molecule has 0 aliphatic rings. The molecule has 0 aliphatic carbocycles. The van der Waals surface area contributed by atoms with E-state index >= 15 is 0 Å². The summed E-state index contributed by atoms with van der Waals surface area (Å²) >= 11 is 0. The van der Waals surface area contributed by atoms with Crippen molar-refractivity contribution < 1.29 is 9.53 Å². The van der Waals surface area contributed by atoms with Crippen LogP contribution in [0.1, 0.15) is 58.7 Å². The lowest BCUT2D eigenvalue weighted by atomic mass is 9.77. The highest BCUT2D eigenvalue weighted by Crippen LogP contribution is 2.43. The molecule has 8 rings (SSSR count). The standard InChI is InChI=1S/C43H38N8O2/c1-3-16-39-46-51-41(38(29-44-51)42(52)53-4-2)49(39)30-31-25-27-32(28-26-31)36-23-14-15-24-37(36)40-45-47-48-50(40)43(33-17-8-5-9-18-33,34-19-10-6-11-20-34)35-21-12-7-13-22-35/h5-15,17-29H,3-4,16,30H2,1-2H3. The number of hydrogen-bond acceptors (Lipinski definition) is 7. The number of hydrogen-bond donors (Lipinski definition) is 0. The lowest BCUT2D eigenvalue weighted by Crippen LogP contribution is -2.39. The highest BCUT2D eigenvalue weighted by atomic mass is 16.5. The van der Waals surface area contributed by atoms with Gasteiger partial charge in [0.05, 0.1) is 19.3 Å². The first kappa shape index (κ1) is 33.5. The van der Waals surface area contributed by atoms with Crippen LogP contribution in [0.15, 0.2) is 146 Å². The smallest absolute Gasteiger partial charge is 0.343 e. The van der Waals surface area contributed by atoms with Gasteiger partial charge in [-0.3, -0.25) is 0 Å². The molecule has 0 N–H and O–H groups in total. The molecule has 262 valence electrons. The minimum atomic E-state index is -0.873. The van der Waals surface area contributed by atoms with E-state index in [1.165, 1.54) is 10.8 Å². The van der Waals surface area contributed by atoms with Crippen molar-refractivity contribution in [2.45, 2.75) is 38.8 Å². The molecule has 8 aromatic rings. The molecule has 0 aliphatic heterocycles. The number of nitrogens with zero attached hydrogens (tertiary/aromatic N) is 8. The molecule has 3 aromatic heterocycles. The first-order valence-corrected chi connectivity index (χ1v) is 17.9. The highest BCUT2D eigenvalue weighted by molar-refractivity contribution is 5.95. The van der Waals surface area contributed by atoms with E-state index in [0.717, 1.165) is 57.6 Å². The molecule has 0 radical (unpaired) electrons. The molecule has 53 heavy (non-hydrogen) atoms. The van der Waals surface area contributed by atoms with Crippen molar-refractivity contribution in [3.63, 3.8) is 0 Å². The number of ether oxygens (including phenoxy) is 1. The maximum Gasteiger partial charge on any atom is 0.343 e. The van der Waals surface area contributed by atoms with Gasteiger partial charge >= 0.3 is 5.97 Å². The van der Waals surface area contributed by atoms with Gasteiger partial charge in [0, 0.05) is 12.0 Å². The van der Waals surface area contributed by atoms with E-state index in [4.69, 9.17) is 20.1 Å². The largest absolute Gasteiger partial charge is 0.462 e. The Morgan fingerprint density at radius 2 is 1.30 bits per heavy atom. The van der Waals surface area contributed by atoms with Crippen LogP contribution in [0.2, 0.25) is 0 Å². The predicted molar refractivity (Wildman–Crippen MR) is 203 cm³/mol. The third-order valence-electron chi connectivity index (χ3n) is 9.61. The monoisotopic (exact) mass is 698 g/mol. The maximum absolute atomic E-state index is 12.8. The predicted octanol–water partition coefficient (Wildman–Crippen LogP) is 7.87. The number of carbonyl (C=O) groups excluding carboxylic acids is 1. The van der Waals surface area contributed by atoms with Gasteiger partial charge in [0.1, 0.15) is 16.9 Å². The molecule has 0 fully saturated rings. The van der Waals surface area contributed by atoms with E-state index < -0.39 is 11.5 Å². The molecule has 5 aromatic carbocycles. The molecule has 0 unspecified atom stereocenters. The second-order valence-corrected chi connectivity index (χ2v) is 12.8. The van der Waals surface area contributed by atoms with Crippen LogP contribution in [0, 0.1) is 0 Å². The molecule has 10 heteroatoms. The maximum atomic E-state index is 12.8. The van der Waals surface area contributed by atoms with E-state index in [-0.39, 0.29) is 6.61 Å². The lowest BCUT2D eigenvalue weighted by molar-refractivity contribution is 0.0528. The van der Waals surface area contributed by atoms with Crippen LogP contribution >= 0.6 is 0 Å². The Labute approximate surface area is 307 Å². The first-order valence-electron chi connectivity index (χ1n) is 17.9. The van der Waals surface area contributed by atoms with Gasteiger partial charge < -0.3 is 9.30 Å². The zero-order chi connectivity index (χ0) is 36.2. The van der Waals surface area contributed by atoms with Gasteiger partial charge in [0.15, 0.2) is 11.5 Å². The first-order chi connectivity index (χ1) is 26.1. The molecule has 0 saturated heterocycles. The summed E-state index contributed by atoms with van der Waals surface area (Å²) in [6.07, 6.45) is 3.19. The number of carbonyl (C=O) groups is 1. The van der Waals surface area contributed by atoms with Crippen LogP contribution in [-0.2, 0) is 23.2 Å². The van der Waals surface area contributed by atoms with Crippen LogP contribution in [0.3, 0.4) is 0 Å². The van der Waals surface area contributed by atoms with Crippen molar-refractivity contribution in [3.05, 3.63) is 179 Å². The Balaban J connectivity index is 1.22. The van der Waals surface area contributed by atoms with Crippen molar-refractivity contribution in [1.29, 1.82) is 0 Å². The summed E-state index contributed by atoms with van der Waals surface area (Å²) in [6.45, 7) is 4.71. The molecule has 0 saturated carbocycles. The number of fused-ring (bicyclic) bond motifs is 1.